The average Bonchev–Trinajstić information content (AvgIpc) is 3.37. The molecule has 218 valence electrons. The van der Waals surface area contributed by atoms with Gasteiger partial charge < -0.3 is 14.4 Å². The van der Waals surface area contributed by atoms with Crippen LogP contribution in [-0.4, -0.2) is 73.5 Å². The Kier molecular flexibility index (Phi) is 8.86. The summed E-state index contributed by atoms with van der Waals surface area (Å²) in [5.74, 6) is 1.50. The summed E-state index contributed by atoms with van der Waals surface area (Å²) in [6.07, 6.45) is 1.98. The normalized spacial score (nSPS) is 27.0. The number of aromatic nitrogens is 1. The maximum absolute atomic E-state index is 16.1. The lowest BCUT2D eigenvalue weighted by Crippen LogP contribution is -2.62. The first-order chi connectivity index (χ1) is 19.1. The molecule has 2 saturated heterocycles. The number of hydrogen-bond donors (Lipinski definition) is 0. The summed E-state index contributed by atoms with van der Waals surface area (Å²) < 4.78 is 43.1. The molecule has 1 aliphatic carbocycles. The third-order valence-electron chi connectivity index (χ3n) is 8.83. The van der Waals surface area contributed by atoms with E-state index in [1.807, 2.05) is 22.5 Å². The number of pyridine rings is 1. The topological polar surface area (TPSA) is 41.1 Å². The Balaban J connectivity index is 1.36. The lowest BCUT2D eigenvalue weighted by molar-refractivity contribution is -0.0517. The van der Waals surface area contributed by atoms with E-state index in [1.165, 1.54) is 24.4 Å². The summed E-state index contributed by atoms with van der Waals surface area (Å²) in [7, 11) is 5.38. The first kappa shape index (κ1) is 29.4. The predicted octanol–water partition coefficient (Wildman–Crippen LogP) is 6.36. The van der Waals surface area contributed by atoms with Crippen molar-refractivity contribution in [1.82, 2.24) is 14.8 Å². The standard InChI is InChI=1S/C30H39ClF2N4O2S/c1-19-13-23(36-17-30(2,18-36)21-11-12-35(3)16-21)27(31)28(33)29(19)40-37(26-8-6-7-25(32)34-26)15-20-14-22(38-4)9-10-24(20)39-5/h6-10,14,19,21,23,29H,11-13,15-18H2,1-5H3/t19?,21-,23?,29?/m1/s1. The van der Waals surface area contributed by atoms with E-state index in [1.54, 1.807) is 26.4 Å². The quantitative estimate of drug-likeness (QED) is 0.248. The van der Waals surface area contributed by atoms with Crippen molar-refractivity contribution in [2.45, 2.75) is 44.5 Å². The van der Waals surface area contributed by atoms with Gasteiger partial charge in [0.25, 0.3) is 0 Å². The van der Waals surface area contributed by atoms with Crippen LogP contribution >= 0.6 is 23.5 Å². The van der Waals surface area contributed by atoms with Gasteiger partial charge in [-0.1, -0.05) is 31.5 Å². The molecule has 3 unspecified atom stereocenters. The summed E-state index contributed by atoms with van der Waals surface area (Å²) in [4.78, 5) is 8.86. The first-order valence-corrected chi connectivity index (χ1v) is 15.1. The van der Waals surface area contributed by atoms with Crippen molar-refractivity contribution >= 4 is 29.4 Å². The van der Waals surface area contributed by atoms with Crippen molar-refractivity contribution in [3.05, 3.63) is 58.8 Å². The monoisotopic (exact) mass is 592 g/mol. The second-order valence-electron chi connectivity index (χ2n) is 11.8. The van der Waals surface area contributed by atoms with Crippen LogP contribution in [0.25, 0.3) is 0 Å². The molecule has 10 heteroatoms. The molecule has 0 saturated carbocycles. The van der Waals surface area contributed by atoms with Crippen LogP contribution in [0.3, 0.4) is 0 Å². The Bertz CT molecular complexity index is 1240. The van der Waals surface area contributed by atoms with Crippen molar-refractivity contribution in [2.75, 3.05) is 51.8 Å². The zero-order valence-corrected chi connectivity index (χ0v) is 25.4. The maximum atomic E-state index is 16.1. The maximum Gasteiger partial charge on any atom is 0.214 e. The van der Waals surface area contributed by atoms with Crippen LogP contribution < -0.4 is 13.8 Å². The zero-order chi connectivity index (χ0) is 28.6. The summed E-state index contributed by atoms with van der Waals surface area (Å²) in [6.45, 7) is 8.90. The number of halogens is 3. The Morgan fingerprint density at radius 1 is 1.18 bits per heavy atom. The summed E-state index contributed by atoms with van der Waals surface area (Å²) >= 11 is 8.09. The van der Waals surface area contributed by atoms with Crippen molar-refractivity contribution in [3.8, 4) is 11.5 Å². The Labute approximate surface area is 245 Å². The second kappa shape index (κ2) is 12.0. The molecule has 0 spiro atoms. The second-order valence-corrected chi connectivity index (χ2v) is 13.4. The molecule has 2 fully saturated rings. The molecule has 2 aliphatic heterocycles. The molecular formula is C30H39ClF2N4O2S. The molecule has 1 aromatic heterocycles. The SMILES string of the molecule is COc1ccc(OC)c(CN(SC2C(F)=C(Cl)C(N3CC(C)([C@@H]4CCN(C)C4)C3)CC2C)c2cccc(F)n2)c1. The number of ether oxygens (including phenoxy) is 2. The van der Waals surface area contributed by atoms with Gasteiger partial charge in [-0.2, -0.15) is 4.39 Å². The van der Waals surface area contributed by atoms with E-state index < -0.39 is 11.2 Å². The van der Waals surface area contributed by atoms with Crippen LogP contribution in [0.1, 0.15) is 32.3 Å². The Morgan fingerprint density at radius 3 is 2.60 bits per heavy atom. The lowest BCUT2D eigenvalue weighted by atomic mass is 9.69. The Hall–Kier alpha value is -2.07. The van der Waals surface area contributed by atoms with Gasteiger partial charge in [-0.3, -0.25) is 9.21 Å². The zero-order valence-electron chi connectivity index (χ0n) is 23.9. The molecule has 0 radical (unpaired) electrons. The van der Waals surface area contributed by atoms with Crippen LogP contribution in [0, 0.1) is 23.2 Å². The molecule has 4 atom stereocenters. The van der Waals surface area contributed by atoms with Crippen molar-refractivity contribution in [3.63, 3.8) is 0 Å². The van der Waals surface area contributed by atoms with E-state index >= 15 is 4.39 Å². The number of anilines is 1. The smallest absolute Gasteiger partial charge is 0.214 e. The predicted molar refractivity (Wildman–Crippen MR) is 158 cm³/mol. The van der Waals surface area contributed by atoms with E-state index in [0.717, 1.165) is 38.2 Å². The molecule has 0 amide bonds. The van der Waals surface area contributed by atoms with Crippen LogP contribution in [0.15, 0.2) is 47.3 Å². The van der Waals surface area contributed by atoms with Crippen molar-refractivity contribution in [2.24, 2.45) is 17.3 Å². The average molecular weight is 593 g/mol. The van der Waals surface area contributed by atoms with Crippen molar-refractivity contribution < 1.29 is 18.3 Å². The van der Waals surface area contributed by atoms with Gasteiger partial charge in [0.2, 0.25) is 5.95 Å². The van der Waals surface area contributed by atoms with Gasteiger partial charge in [0, 0.05) is 31.2 Å². The van der Waals surface area contributed by atoms with Crippen LogP contribution in [-0.2, 0) is 6.54 Å². The molecule has 6 nitrogen and oxygen atoms in total. The minimum atomic E-state index is -0.596. The molecule has 2 aromatic rings. The van der Waals surface area contributed by atoms with E-state index in [-0.39, 0.29) is 23.2 Å². The molecule has 0 N–H and O–H groups in total. The molecule has 5 rings (SSSR count). The summed E-state index contributed by atoms with van der Waals surface area (Å²) in [6, 6.07) is 10.0. The van der Waals surface area contributed by atoms with Crippen molar-refractivity contribution in [1.29, 1.82) is 0 Å². The highest BCUT2D eigenvalue weighted by atomic mass is 35.5. The van der Waals surface area contributed by atoms with Gasteiger partial charge in [-0.05, 0) is 86.0 Å². The van der Waals surface area contributed by atoms with Crippen LogP contribution in [0.5, 0.6) is 11.5 Å². The number of rotatable bonds is 9. The fourth-order valence-corrected chi connectivity index (χ4v) is 8.10. The fourth-order valence-electron chi connectivity index (χ4n) is 6.45. The molecule has 3 aliphatic rings. The van der Waals surface area contributed by atoms with Gasteiger partial charge in [-0.25, -0.2) is 9.37 Å². The minimum Gasteiger partial charge on any atom is -0.497 e. The third kappa shape index (κ3) is 5.94. The fraction of sp³-hybridized carbons (Fsp3) is 0.567. The van der Waals surface area contributed by atoms with Crippen LogP contribution in [0.2, 0.25) is 0 Å². The number of benzene rings is 1. The van der Waals surface area contributed by atoms with Gasteiger partial charge in [0.15, 0.2) is 0 Å². The molecule has 3 heterocycles. The van der Waals surface area contributed by atoms with Gasteiger partial charge in [0.1, 0.15) is 23.1 Å². The molecule has 40 heavy (non-hydrogen) atoms. The minimum absolute atomic E-state index is 0.00485. The Morgan fingerprint density at radius 2 is 1.95 bits per heavy atom. The number of methoxy groups -OCH3 is 2. The highest BCUT2D eigenvalue weighted by Gasteiger charge is 2.51. The highest BCUT2D eigenvalue weighted by molar-refractivity contribution is 8.01. The van der Waals surface area contributed by atoms with Gasteiger partial charge >= 0.3 is 0 Å². The van der Waals surface area contributed by atoms with E-state index in [2.05, 4.69) is 35.7 Å². The summed E-state index contributed by atoms with van der Waals surface area (Å²) in [5.41, 5.74) is 1.07. The molecular weight excluding hydrogens is 554 g/mol. The third-order valence-corrected chi connectivity index (χ3v) is 10.7. The van der Waals surface area contributed by atoms with E-state index in [0.29, 0.717) is 34.8 Å². The van der Waals surface area contributed by atoms with Gasteiger partial charge in [0.05, 0.1) is 31.0 Å². The van der Waals surface area contributed by atoms with Crippen LogP contribution in [0.4, 0.5) is 14.6 Å². The molecule has 0 bridgehead atoms. The van der Waals surface area contributed by atoms with Gasteiger partial charge in [-0.15, -0.1) is 0 Å². The molecule has 1 aromatic carbocycles. The number of likely N-dealkylation sites (tertiary alicyclic amines) is 2. The largest absolute Gasteiger partial charge is 0.497 e. The first-order valence-electron chi connectivity index (χ1n) is 13.9. The lowest BCUT2D eigenvalue weighted by Gasteiger charge is -2.55. The number of nitrogens with zero attached hydrogens (tertiary/aromatic N) is 4. The van der Waals surface area contributed by atoms with E-state index in [4.69, 9.17) is 21.1 Å². The summed E-state index contributed by atoms with van der Waals surface area (Å²) in [5, 5.41) is -0.228. The highest BCUT2D eigenvalue weighted by Crippen LogP contribution is 2.49. The van der Waals surface area contributed by atoms with E-state index in [9.17, 15) is 4.39 Å². The number of hydrogen-bond acceptors (Lipinski definition) is 7.